The smallest absolute Gasteiger partial charge is 0.407 e. The monoisotopic (exact) mass is 422 g/mol. The fraction of sp³-hybridized carbons (Fsp3) is 0.375. The van der Waals surface area contributed by atoms with Crippen LogP contribution in [0.25, 0.3) is 11.1 Å². The third-order valence-corrected chi connectivity index (χ3v) is 6.35. The molecular formula is C24H26N2O5. The third kappa shape index (κ3) is 3.87. The SMILES string of the molecule is CC1(C(=O)O)CCCN1C(=O)CCNC(=O)OCC1c2ccccc2-c2ccccc21. The highest BCUT2D eigenvalue weighted by Crippen LogP contribution is 2.44. The molecule has 1 aliphatic heterocycles. The number of nitrogens with one attached hydrogen (secondary N) is 1. The van der Waals surface area contributed by atoms with Gasteiger partial charge < -0.3 is 20.1 Å². The molecule has 2 aliphatic rings. The minimum atomic E-state index is -1.17. The number of carboxylic acids is 1. The predicted molar refractivity (Wildman–Crippen MR) is 115 cm³/mol. The average molecular weight is 422 g/mol. The fourth-order valence-corrected chi connectivity index (χ4v) is 4.64. The Labute approximate surface area is 181 Å². The quantitative estimate of drug-likeness (QED) is 0.744. The summed E-state index contributed by atoms with van der Waals surface area (Å²) >= 11 is 0. The van der Waals surface area contributed by atoms with Crippen molar-refractivity contribution in [3.05, 3.63) is 59.7 Å². The number of amides is 2. The topological polar surface area (TPSA) is 95.9 Å². The number of hydrogen-bond acceptors (Lipinski definition) is 4. The number of alkyl carbamates (subject to hydrolysis) is 1. The molecule has 1 atom stereocenters. The van der Waals surface area contributed by atoms with E-state index in [0.29, 0.717) is 19.4 Å². The zero-order valence-electron chi connectivity index (χ0n) is 17.5. The lowest BCUT2D eigenvalue weighted by Gasteiger charge is -2.31. The molecule has 0 bridgehead atoms. The maximum absolute atomic E-state index is 12.5. The first kappa shape index (κ1) is 20.9. The molecule has 1 unspecified atom stereocenters. The second kappa shape index (κ2) is 8.41. The van der Waals surface area contributed by atoms with Crippen LogP contribution in [0.5, 0.6) is 0 Å². The van der Waals surface area contributed by atoms with Crippen molar-refractivity contribution in [2.45, 2.75) is 37.6 Å². The summed E-state index contributed by atoms with van der Waals surface area (Å²) in [6, 6.07) is 16.2. The number of carbonyl (C=O) groups excluding carboxylic acids is 2. The number of carbonyl (C=O) groups is 3. The Hall–Kier alpha value is -3.35. The van der Waals surface area contributed by atoms with Gasteiger partial charge in [-0.2, -0.15) is 0 Å². The number of fused-ring (bicyclic) bond motifs is 3. The first-order chi connectivity index (χ1) is 14.9. The van der Waals surface area contributed by atoms with E-state index in [4.69, 9.17) is 4.74 Å². The van der Waals surface area contributed by atoms with Gasteiger partial charge in [0.1, 0.15) is 12.1 Å². The Kier molecular flexibility index (Phi) is 5.67. The Morgan fingerprint density at radius 1 is 1.10 bits per heavy atom. The van der Waals surface area contributed by atoms with Crippen molar-refractivity contribution in [3.63, 3.8) is 0 Å². The summed E-state index contributed by atoms with van der Waals surface area (Å²) in [5, 5.41) is 12.0. The summed E-state index contributed by atoms with van der Waals surface area (Å²) in [6.07, 6.45) is 0.548. The van der Waals surface area contributed by atoms with Gasteiger partial charge in [0.05, 0.1) is 0 Å². The molecule has 31 heavy (non-hydrogen) atoms. The molecule has 2 aromatic carbocycles. The van der Waals surface area contributed by atoms with Gasteiger partial charge in [-0.25, -0.2) is 9.59 Å². The van der Waals surface area contributed by atoms with Crippen molar-refractivity contribution < 1.29 is 24.2 Å². The van der Waals surface area contributed by atoms with Gasteiger partial charge in [-0.05, 0) is 42.0 Å². The average Bonchev–Trinajstić information content (AvgIpc) is 3.31. The van der Waals surface area contributed by atoms with E-state index < -0.39 is 17.6 Å². The molecule has 2 N–H and O–H groups in total. The molecule has 1 fully saturated rings. The van der Waals surface area contributed by atoms with Gasteiger partial charge in [0, 0.05) is 25.4 Å². The number of ether oxygens (including phenoxy) is 1. The molecule has 7 heteroatoms. The number of rotatable bonds is 6. The largest absolute Gasteiger partial charge is 0.480 e. The molecule has 1 heterocycles. The molecule has 0 radical (unpaired) electrons. The van der Waals surface area contributed by atoms with E-state index in [1.807, 2.05) is 24.3 Å². The molecule has 1 aliphatic carbocycles. The van der Waals surface area contributed by atoms with Crippen molar-refractivity contribution in [1.82, 2.24) is 10.2 Å². The fourth-order valence-electron chi connectivity index (χ4n) is 4.64. The lowest BCUT2D eigenvalue weighted by atomic mass is 9.98. The highest BCUT2D eigenvalue weighted by molar-refractivity contribution is 5.87. The standard InChI is InChI=1S/C24H26N2O5/c1-24(22(28)29)12-6-14-26(24)21(27)11-13-25-23(30)31-15-20-18-9-4-2-7-16(18)17-8-3-5-10-19(17)20/h2-5,7-10,20H,6,11-15H2,1H3,(H,25,30)(H,28,29). The van der Waals surface area contributed by atoms with Crippen LogP contribution in [0.1, 0.15) is 43.2 Å². The Morgan fingerprint density at radius 2 is 1.71 bits per heavy atom. The van der Waals surface area contributed by atoms with Gasteiger partial charge >= 0.3 is 12.1 Å². The Bertz CT molecular complexity index is 975. The van der Waals surface area contributed by atoms with Gasteiger partial charge in [0.25, 0.3) is 0 Å². The first-order valence-corrected chi connectivity index (χ1v) is 10.5. The van der Waals surface area contributed by atoms with E-state index in [1.165, 1.54) is 4.90 Å². The van der Waals surface area contributed by atoms with Crippen LogP contribution in [-0.4, -0.2) is 53.2 Å². The van der Waals surface area contributed by atoms with Crippen molar-refractivity contribution in [2.24, 2.45) is 0 Å². The molecular weight excluding hydrogens is 396 g/mol. The summed E-state index contributed by atoms with van der Waals surface area (Å²) < 4.78 is 5.46. The normalized spacial score (nSPS) is 19.6. The van der Waals surface area contributed by atoms with E-state index in [2.05, 4.69) is 29.6 Å². The van der Waals surface area contributed by atoms with E-state index in [-0.39, 0.29) is 31.4 Å². The van der Waals surface area contributed by atoms with Crippen LogP contribution < -0.4 is 5.32 Å². The van der Waals surface area contributed by atoms with Gasteiger partial charge in [-0.3, -0.25) is 4.79 Å². The van der Waals surface area contributed by atoms with E-state index in [1.54, 1.807) is 6.92 Å². The lowest BCUT2D eigenvalue weighted by molar-refractivity contribution is -0.155. The number of nitrogens with zero attached hydrogens (tertiary/aromatic N) is 1. The molecule has 0 spiro atoms. The van der Waals surface area contributed by atoms with Crippen molar-refractivity contribution in [1.29, 1.82) is 0 Å². The predicted octanol–water partition coefficient (Wildman–Crippen LogP) is 3.38. The molecule has 162 valence electrons. The minimum absolute atomic E-state index is 0.0272. The summed E-state index contributed by atoms with van der Waals surface area (Å²) in [4.78, 5) is 37.6. The Balaban J connectivity index is 1.30. The highest BCUT2D eigenvalue weighted by atomic mass is 16.5. The number of likely N-dealkylation sites (tertiary alicyclic amines) is 1. The van der Waals surface area contributed by atoms with Crippen LogP contribution in [0.4, 0.5) is 4.79 Å². The van der Waals surface area contributed by atoms with Crippen molar-refractivity contribution in [3.8, 4) is 11.1 Å². The van der Waals surface area contributed by atoms with Crippen LogP contribution in [0.3, 0.4) is 0 Å². The van der Waals surface area contributed by atoms with Gasteiger partial charge in [-0.15, -0.1) is 0 Å². The molecule has 0 aromatic heterocycles. The van der Waals surface area contributed by atoms with Gasteiger partial charge in [0.15, 0.2) is 0 Å². The second-order valence-corrected chi connectivity index (χ2v) is 8.23. The van der Waals surface area contributed by atoms with Crippen LogP contribution in [-0.2, 0) is 14.3 Å². The van der Waals surface area contributed by atoms with Gasteiger partial charge in [0.2, 0.25) is 5.91 Å². The molecule has 7 nitrogen and oxygen atoms in total. The summed E-state index contributed by atoms with van der Waals surface area (Å²) in [6.45, 7) is 2.30. The maximum Gasteiger partial charge on any atom is 0.407 e. The zero-order valence-corrected chi connectivity index (χ0v) is 17.5. The zero-order chi connectivity index (χ0) is 22.0. The van der Waals surface area contributed by atoms with Crippen molar-refractivity contribution >= 4 is 18.0 Å². The highest BCUT2D eigenvalue weighted by Gasteiger charge is 2.45. The molecule has 4 rings (SSSR count). The van der Waals surface area contributed by atoms with Crippen LogP contribution in [0, 0.1) is 0 Å². The number of aliphatic carboxylic acids is 1. The summed E-state index contributed by atoms with van der Waals surface area (Å²) in [5.74, 6) is -1.30. The Morgan fingerprint density at radius 3 is 2.32 bits per heavy atom. The third-order valence-electron chi connectivity index (χ3n) is 6.35. The van der Waals surface area contributed by atoms with Crippen LogP contribution in [0.15, 0.2) is 48.5 Å². The van der Waals surface area contributed by atoms with E-state index in [9.17, 15) is 19.5 Å². The molecule has 1 saturated heterocycles. The van der Waals surface area contributed by atoms with Crippen LogP contribution in [0.2, 0.25) is 0 Å². The number of hydrogen-bond donors (Lipinski definition) is 2. The number of benzene rings is 2. The summed E-state index contributed by atoms with van der Waals surface area (Å²) in [5.41, 5.74) is 3.41. The van der Waals surface area contributed by atoms with Crippen LogP contribution >= 0.6 is 0 Å². The molecule has 0 saturated carbocycles. The lowest BCUT2D eigenvalue weighted by Crippen LogP contribution is -2.51. The first-order valence-electron chi connectivity index (χ1n) is 10.5. The van der Waals surface area contributed by atoms with Crippen molar-refractivity contribution in [2.75, 3.05) is 19.7 Å². The number of carboxylic acid groups (broad SMARTS) is 1. The van der Waals surface area contributed by atoms with E-state index in [0.717, 1.165) is 22.3 Å². The minimum Gasteiger partial charge on any atom is -0.480 e. The second-order valence-electron chi connectivity index (χ2n) is 8.23. The molecule has 2 aromatic rings. The maximum atomic E-state index is 12.5. The summed E-state index contributed by atoms with van der Waals surface area (Å²) in [7, 11) is 0. The molecule has 2 amide bonds. The van der Waals surface area contributed by atoms with E-state index >= 15 is 0 Å². The van der Waals surface area contributed by atoms with Gasteiger partial charge in [-0.1, -0.05) is 48.5 Å².